The molecule has 3 aromatic rings. The number of hydrogen-bond acceptors (Lipinski definition) is 6. The van der Waals surface area contributed by atoms with Crippen LogP contribution in [0.15, 0.2) is 42.6 Å². The summed E-state index contributed by atoms with van der Waals surface area (Å²) in [5.41, 5.74) is 2.25. The summed E-state index contributed by atoms with van der Waals surface area (Å²) in [6.07, 6.45) is 0.457. The predicted molar refractivity (Wildman–Crippen MR) is 84.3 cm³/mol. The van der Waals surface area contributed by atoms with Gasteiger partial charge >= 0.3 is 5.82 Å². The number of benzene rings is 1. The van der Waals surface area contributed by atoms with Gasteiger partial charge in [-0.2, -0.15) is 0 Å². The van der Waals surface area contributed by atoms with Crippen LogP contribution in [0.4, 0.5) is 11.6 Å². The Hall–Kier alpha value is -3.00. The van der Waals surface area contributed by atoms with Crippen LogP contribution >= 0.6 is 0 Å². The Morgan fingerprint density at radius 1 is 1.39 bits per heavy atom. The zero-order valence-corrected chi connectivity index (χ0v) is 12.4. The van der Waals surface area contributed by atoms with Crippen LogP contribution in [0.5, 0.6) is 0 Å². The third-order valence-electron chi connectivity index (χ3n) is 3.43. The average molecular weight is 313 g/mol. The van der Waals surface area contributed by atoms with Crippen molar-refractivity contribution in [3.05, 3.63) is 63.8 Å². The van der Waals surface area contributed by atoms with Gasteiger partial charge < -0.3 is 20.5 Å². The van der Waals surface area contributed by atoms with Crippen molar-refractivity contribution in [3.63, 3.8) is 0 Å². The van der Waals surface area contributed by atoms with Crippen molar-refractivity contribution < 1.29 is 10.0 Å². The Bertz CT molecular complexity index is 861. The highest BCUT2D eigenvalue weighted by Gasteiger charge is 2.16. The van der Waals surface area contributed by atoms with Gasteiger partial charge in [0.25, 0.3) is 0 Å². The molecule has 0 fully saturated rings. The molecule has 2 N–H and O–H groups in total. The first-order valence-corrected chi connectivity index (χ1v) is 7.02. The van der Waals surface area contributed by atoms with E-state index >= 15 is 0 Å². The molecule has 0 saturated heterocycles. The van der Waals surface area contributed by atoms with Crippen molar-refractivity contribution in [2.24, 2.45) is 0 Å². The molecule has 0 aliphatic rings. The quantitative estimate of drug-likeness (QED) is 0.552. The molecule has 0 amide bonds. The van der Waals surface area contributed by atoms with E-state index in [9.17, 15) is 15.2 Å². The Balaban J connectivity index is 1.76. The van der Waals surface area contributed by atoms with Crippen LogP contribution in [0.25, 0.3) is 5.65 Å². The average Bonchev–Trinajstić information content (AvgIpc) is 2.96. The van der Waals surface area contributed by atoms with E-state index in [1.807, 2.05) is 31.2 Å². The van der Waals surface area contributed by atoms with E-state index in [-0.39, 0.29) is 12.4 Å². The number of nitrogens with one attached hydrogen (secondary N) is 1. The number of rotatable bonds is 5. The molecule has 0 spiro atoms. The molecule has 0 aliphatic heterocycles. The summed E-state index contributed by atoms with van der Waals surface area (Å²) in [5, 5.41) is 28.2. The summed E-state index contributed by atoms with van der Waals surface area (Å²) in [4.78, 5) is 14.3. The summed E-state index contributed by atoms with van der Waals surface area (Å²) in [7, 11) is 0. The van der Waals surface area contributed by atoms with Crippen molar-refractivity contribution in [1.82, 2.24) is 14.6 Å². The fourth-order valence-electron chi connectivity index (χ4n) is 2.28. The fraction of sp³-hybridized carbons (Fsp3) is 0.200. The molecule has 23 heavy (non-hydrogen) atoms. The highest BCUT2D eigenvalue weighted by molar-refractivity contribution is 5.48. The van der Waals surface area contributed by atoms with Gasteiger partial charge in [0, 0.05) is 12.6 Å². The van der Waals surface area contributed by atoms with E-state index in [4.69, 9.17) is 0 Å². The number of fused-ring (bicyclic) bond motifs is 1. The van der Waals surface area contributed by atoms with Crippen molar-refractivity contribution in [2.75, 3.05) is 11.9 Å². The molecule has 0 bridgehead atoms. The van der Waals surface area contributed by atoms with Crippen LogP contribution in [0.1, 0.15) is 17.2 Å². The Morgan fingerprint density at radius 3 is 2.96 bits per heavy atom. The second-order valence-corrected chi connectivity index (χ2v) is 5.17. The van der Waals surface area contributed by atoms with Gasteiger partial charge in [0.2, 0.25) is 5.65 Å². The van der Waals surface area contributed by atoms with Crippen LogP contribution in [0.3, 0.4) is 0 Å². The van der Waals surface area contributed by atoms with E-state index in [2.05, 4.69) is 15.4 Å². The largest absolute Gasteiger partial charge is 0.387 e. The molecule has 8 heteroatoms. The fourth-order valence-corrected chi connectivity index (χ4v) is 2.28. The van der Waals surface area contributed by atoms with Crippen LogP contribution < -0.4 is 5.32 Å². The number of aliphatic hydroxyl groups is 1. The normalized spacial score (nSPS) is 12.3. The standard InChI is InChI=1S/C15H15N5O3/c1-10-3-2-4-11(7-10)12(21)8-16-13-5-6-14-17-9-15(20(22)23)19(14)18-13/h2-7,9,12,21H,8H2,1H3,(H,16,18). The number of nitro groups is 1. The van der Waals surface area contributed by atoms with Gasteiger partial charge in [-0.05, 0) is 23.5 Å². The molecule has 2 aromatic heterocycles. The van der Waals surface area contributed by atoms with Gasteiger partial charge in [0.15, 0.2) is 5.82 Å². The maximum absolute atomic E-state index is 10.9. The molecular weight excluding hydrogens is 298 g/mol. The monoisotopic (exact) mass is 313 g/mol. The first kappa shape index (κ1) is 14.9. The third kappa shape index (κ3) is 3.11. The number of nitrogens with zero attached hydrogens (tertiary/aromatic N) is 4. The lowest BCUT2D eigenvalue weighted by atomic mass is 10.1. The molecule has 1 aromatic carbocycles. The van der Waals surface area contributed by atoms with Gasteiger partial charge in [-0.3, -0.25) is 0 Å². The van der Waals surface area contributed by atoms with Crippen molar-refractivity contribution >= 4 is 17.3 Å². The number of anilines is 1. The Labute approximate surface area is 131 Å². The van der Waals surface area contributed by atoms with Gasteiger partial charge in [-0.1, -0.05) is 39.4 Å². The molecule has 1 atom stereocenters. The highest BCUT2D eigenvalue weighted by atomic mass is 16.6. The van der Waals surface area contributed by atoms with Crippen LogP contribution in [-0.2, 0) is 0 Å². The van der Waals surface area contributed by atoms with Crippen LogP contribution in [0.2, 0.25) is 0 Å². The predicted octanol–water partition coefficient (Wildman–Crippen LogP) is 2.09. The van der Waals surface area contributed by atoms with Crippen molar-refractivity contribution in [2.45, 2.75) is 13.0 Å². The van der Waals surface area contributed by atoms with E-state index in [0.717, 1.165) is 21.8 Å². The molecule has 2 heterocycles. The summed E-state index contributed by atoms with van der Waals surface area (Å²) >= 11 is 0. The number of aromatic nitrogens is 3. The van der Waals surface area contributed by atoms with E-state index in [1.54, 1.807) is 12.1 Å². The van der Waals surface area contributed by atoms with Gasteiger partial charge in [0.05, 0.1) is 6.10 Å². The lowest BCUT2D eigenvalue weighted by Crippen LogP contribution is -2.14. The van der Waals surface area contributed by atoms with E-state index in [0.29, 0.717) is 11.5 Å². The van der Waals surface area contributed by atoms with Crippen LogP contribution in [0, 0.1) is 17.0 Å². The number of hydrogen-bond donors (Lipinski definition) is 2. The SMILES string of the molecule is Cc1cccc(C(O)CNc2ccc3ncc([N+](=O)[O-])n3n2)c1. The number of aryl methyl sites for hydroxylation is 1. The molecule has 0 radical (unpaired) electrons. The zero-order valence-electron chi connectivity index (χ0n) is 12.4. The lowest BCUT2D eigenvalue weighted by molar-refractivity contribution is -0.391. The highest BCUT2D eigenvalue weighted by Crippen LogP contribution is 2.17. The van der Waals surface area contributed by atoms with E-state index < -0.39 is 11.0 Å². The topological polar surface area (TPSA) is 106 Å². The second-order valence-electron chi connectivity index (χ2n) is 5.17. The third-order valence-corrected chi connectivity index (χ3v) is 3.43. The minimum Gasteiger partial charge on any atom is -0.387 e. The summed E-state index contributed by atoms with van der Waals surface area (Å²) in [5.74, 6) is 0.216. The second kappa shape index (κ2) is 6.01. The number of aliphatic hydroxyl groups excluding tert-OH is 1. The van der Waals surface area contributed by atoms with Gasteiger partial charge in [-0.15, -0.1) is 0 Å². The molecule has 0 saturated carbocycles. The molecule has 0 aliphatic carbocycles. The first-order chi connectivity index (χ1) is 11.0. The zero-order chi connectivity index (χ0) is 16.4. The Morgan fingerprint density at radius 2 is 2.22 bits per heavy atom. The molecular formula is C15H15N5O3. The lowest BCUT2D eigenvalue weighted by Gasteiger charge is -2.12. The van der Waals surface area contributed by atoms with Crippen LogP contribution in [-0.4, -0.2) is 31.2 Å². The number of imidazole rings is 1. The van der Waals surface area contributed by atoms with E-state index in [1.165, 1.54) is 0 Å². The maximum Gasteiger partial charge on any atom is 0.368 e. The van der Waals surface area contributed by atoms with Gasteiger partial charge in [0.1, 0.15) is 6.20 Å². The summed E-state index contributed by atoms with van der Waals surface area (Å²) in [6, 6.07) is 10.9. The molecule has 1 unspecified atom stereocenters. The molecule has 118 valence electrons. The smallest absolute Gasteiger partial charge is 0.368 e. The van der Waals surface area contributed by atoms with Crippen molar-refractivity contribution in [3.8, 4) is 0 Å². The maximum atomic E-state index is 10.9. The summed E-state index contributed by atoms with van der Waals surface area (Å²) in [6.45, 7) is 2.20. The minimum atomic E-state index is -0.704. The van der Waals surface area contributed by atoms with Crippen molar-refractivity contribution in [1.29, 1.82) is 0 Å². The minimum absolute atomic E-state index is 0.206. The first-order valence-electron chi connectivity index (χ1n) is 7.02. The molecule has 3 rings (SSSR count). The van der Waals surface area contributed by atoms with Gasteiger partial charge in [-0.25, -0.2) is 4.98 Å². The Kier molecular flexibility index (Phi) is 3.90. The molecule has 8 nitrogen and oxygen atoms in total. The summed E-state index contributed by atoms with van der Waals surface area (Å²) < 4.78 is 1.15.